The molecule has 0 spiro atoms. The summed E-state index contributed by atoms with van der Waals surface area (Å²) in [6.45, 7) is 4.91. The highest BCUT2D eigenvalue weighted by Gasteiger charge is 2.36. The van der Waals surface area contributed by atoms with Gasteiger partial charge in [-0.25, -0.2) is 0 Å². The number of rotatable bonds is 3. The molecule has 1 aromatic heterocycles. The number of anilines is 1. The number of carbonyl (C=O) groups excluding carboxylic acids is 2. The monoisotopic (exact) mass is 303 g/mol. The van der Waals surface area contributed by atoms with E-state index in [0.717, 1.165) is 11.4 Å². The molecule has 1 amide bonds. The molecule has 3 rings (SSSR count). The summed E-state index contributed by atoms with van der Waals surface area (Å²) >= 11 is 5.98. The largest absolute Gasteiger partial charge is 0.299 e. The summed E-state index contributed by atoms with van der Waals surface area (Å²) in [5.41, 5.74) is 2.75. The number of aromatic nitrogens is 2. The SMILES string of the molecule is CCn1nc(C)cc1CN1C(=O)C(=O)c2ccc(Cl)cc21. The van der Waals surface area contributed by atoms with E-state index >= 15 is 0 Å². The minimum Gasteiger partial charge on any atom is -0.299 e. The van der Waals surface area contributed by atoms with Crippen molar-refractivity contribution in [3.05, 3.63) is 46.2 Å². The maximum atomic E-state index is 12.2. The van der Waals surface area contributed by atoms with Gasteiger partial charge in [0.15, 0.2) is 0 Å². The van der Waals surface area contributed by atoms with Gasteiger partial charge in [-0.15, -0.1) is 0 Å². The van der Waals surface area contributed by atoms with Crippen LogP contribution in [0.2, 0.25) is 5.02 Å². The molecule has 0 saturated carbocycles. The molecule has 0 saturated heterocycles. The van der Waals surface area contributed by atoms with Crippen LogP contribution in [-0.2, 0) is 17.9 Å². The predicted octanol–water partition coefficient (Wildman–Crippen LogP) is 2.59. The lowest BCUT2D eigenvalue weighted by molar-refractivity contribution is -0.114. The van der Waals surface area contributed by atoms with Crippen molar-refractivity contribution < 1.29 is 9.59 Å². The molecule has 21 heavy (non-hydrogen) atoms. The minimum absolute atomic E-state index is 0.312. The minimum atomic E-state index is -0.520. The molecule has 108 valence electrons. The Kier molecular flexibility index (Phi) is 3.29. The first-order valence-electron chi connectivity index (χ1n) is 6.70. The number of hydrogen-bond donors (Lipinski definition) is 0. The van der Waals surface area contributed by atoms with E-state index in [9.17, 15) is 9.59 Å². The van der Waals surface area contributed by atoms with Crippen molar-refractivity contribution in [3.8, 4) is 0 Å². The fourth-order valence-corrected chi connectivity index (χ4v) is 2.75. The zero-order valence-electron chi connectivity index (χ0n) is 11.8. The van der Waals surface area contributed by atoms with Crippen molar-refractivity contribution in [3.63, 3.8) is 0 Å². The summed E-state index contributed by atoms with van der Waals surface area (Å²) in [6, 6.07) is 6.79. The summed E-state index contributed by atoms with van der Waals surface area (Å²) in [5.74, 6) is -1.00. The van der Waals surface area contributed by atoms with Crippen LogP contribution in [0.4, 0.5) is 5.69 Å². The normalized spacial score (nSPS) is 14.0. The lowest BCUT2D eigenvalue weighted by Crippen LogP contribution is -2.30. The molecule has 1 aromatic carbocycles. The van der Waals surface area contributed by atoms with Gasteiger partial charge in [0.1, 0.15) is 0 Å². The lowest BCUT2D eigenvalue weighted by atomic mass is 10.1. The first kappa shape index (κ1) is 13.8. The Hall–Kier alpha value is -2.14. The van der Waals surface area contributed by atoms with Gasteiger partial charge < -0.3 is 0 Å². The van der Waals surface area contributed by atoms with Crippen molar-refractivity contribution in [2.45, 2.75) is 26.9 Å². The average molecular weight is 304 g/mol. The Morgan fingerprint density at radius 2 is 2.00 bits per heavy atom. The fraction of sp³-hybridized carbons (Fsp3) is 0.267. The van der Waals surface area contributed by atoms with E-state index in [0.29, 0.717) is 29.4 Å². The van der Waals surface area contributed by atoms with E-state index in [1.54, 1.807) is 18.2 Å². The second-order valence-corrected chi connectivity index (χ2v) is 5.41. The number of halogens is 1. The first-order chi connectivity index (χ1) is 10.0. The number of Topliss-reactive ketones (excluding diaryl/α,β-unsaturated/α-hetero) is 1. The van der Waals surface area contributed by atoms with E-state index in [2.05, 4.69) is 5.10 Å². The smallest absolute Gasteiger partial charge is 0.299 e. The molecule has 2 aromatic rings. The molecule has 0 radical (unpaired) electrons. The van der Waals surface area contributed by atoms with Crippen LogP contribution in [0.3, 0.4) is 0 Å². The number of carbonyl (C=O) groups is 2. The van der Waals surface area contributed by atoms with E-state index in [4.69, 9.17) is 11.6 Å². The number of fused-ring (bicyclic) bond motifs is 1. The topological polar surface area (TPSA) is 55.2 Å². The summed E-state index contributed by atoms with van der Waals surface area (Å²) in [5, 5.41) is 4.86. The van der Waals surface area contributed by atoms with E-state index in [1.807, 2.05) is 24.6 Å². The summed E-state index contributed by atoms with van der Waals surface area (Å²) in [6.07, 6.45) is 0. The summed E-state index contributed by atoms with van der Waals surface area (Å²) in [4.78, 5) is 25.7. The zero-order valence-corrected chi connectivity index (χ0v) is 12.5. The number of benzene rings is 1. The van der Waals surface area contributed by atoms with Crippen LogP contribution in [0.15, 0.2) is 24.3 Å². The van der Waals surface area contributed by atoms with Crippen LogP contribution in [0.25, 0.3) is 0 Å². The van der Waals surface area contributed by atoms with Crippen LogP contribution in [0.5, 0.6) is 0 Å². The Labute approximate surface area is 127 Å². The quantitative estimate of drug-likeness (QED) is 0.819. The number of amides is 1. The van der Waals surface area contributed by atoms with Gasteiger partial charge in [-0.3, -0.25) is 19.2 Å². The van der Waals surface area contributed by atoms with Crippen LogP contribution in [0, 0.1) is 6.92 Å². The third-order valence-corrected chi connectivity index (χ3v) is 3.77. The van der Waals surface area contributed by atoms with Crippen molar-refractivity contribution >= 4 is 29.0 Å². The fourth-order valence-electron chi connectivity index (χ4n) is 2.59. The first-order valence-corrected chi connectivity index (χ1v) is 7.08. The Morgan fingerprint density at radius 3 is 2.71 bits per heavy atom. The Balaban J connectivity index is 2.01. The molecule has 0 atom stereocenters. The number of nitrogens with zero attached hydrogens (tertiary/aromatic N) is 3. The van der Waals surface area contributed by atoms with Gasteiger partial charge in [-0.05, 0) is 38.1 Å². The maximum Gasteiger partial charge on any atom is 0.299 e. The van der Waals surface area contributed by atoms with Gasteiger partial charge in [0.05, 0.1) is 29.2 Å². The molecule has 5 nitrogen and oxygen atoms in total. The maximum absolute atomic E-state index is 12.2. The summed E-state index contributed by atoms with van der Waals surface area (Å²) in [7, 11) is 0. The molecular formula is C15H14ClN3O2. The van der Waals surface area contributed by atoms with E-state index in [-0.39, 0.29) is 0 Å². The molecule has 2 heterocycles. The molecule has 0 bridgehead atoms. The van der Waals surface area contributed by atoms with E-state index in [1.165, 1.54) is 4.90 Å². The molecule has 0 N–H and O–H groups in total. The zero-order chi connectivity index (χ0) is 15.1. The number of aryl methyl sites for hydroxylation is 2. The van der Waals surface area contributed by atoms with Gasteiger partial charge in [-0.2, -0.15) is 5.10 Å². The Morgan fingerprint density at radius 1 is 1.24 bits per heavy atom. The second-order valence-electron chi connectivity index (χ2n) is 4.97. The van der Waals surface area contributed by atoms with Crippen LogP contribution >= 0.6 is 11.6 Å². The number of ketones is 1. The molecule has 0 aliphatic carbocycles. The second kappa shape index (κ2) is 5.00. The third kappa shape index (κ3) is 2.23. The Bertz CT molecular complexity index is 751. The van der Waals surface area contributed by atoms with Gasteiger partial charge in [0.25, 0.3) is 11.7 Å². The van der Waals surface area contributed by atoms with Crippen LogP contribution in [-0.4, -0.2) is 21.5 Å². The molecule has 6 heteroatoms. The van der Waals surface area contributed by atoms with E-state index < -0.39 is 11.7 Å². The molecule has 0 unspecified atom stereocenters. The molecule has 1 aliphatic heterocycles. The highest BCUT2D eigenvalue weighted by Crippen LogP contribution is 2.32. The third-order valence-electron chi connectivity index (χ3n) is 3.54. The highest BCUT2D eigenvalue weighted by molar-refractivity contribution is 6.52. The van der Waals surface area contributed by atoms with Gasteiger partial charge in [0, 0.05) is 11.6 Å². The molecule has 1 aliphatic rings. The van der Waals surface area contributed by atoms with Crippen molar-refractivity contribution in [1.29, 1.82) is 0 Å². The average Bonchev–Trinajstić information content (AvgIpc) is 2.92. The van der Waals surface area contributed by atoms with Crippen molar-refractivity contribution in [2.24, 2.45) is 0 Å². The van der Waals surface area contributed by atoms with Gasteiger partial charge in [0.2, 0.25) is 0 Å². The van der Waals surface area contributed by atoms with Gasteiger partial charge in [-0.1, -0.05) is 11.6 Å². The predicted molar refractivity (Wildman–Crippen MR) is 79.6 cm³/mol. The molecular weight excluding hydrogens is 290 g/mol. The number of hydrogen-bond acceptors (Lipinski definition) is 3. The van der Waals surface area contributed by atoms with Crippen molar-refractivity contribution in [1.82, 2.24) is 9.78 Å². The standard InChI is InChI=1S/C15H14ClN3O2/c1-3-19-11(6-9(2)17-19)8-18-13-7-10(16)4-5-12(13)14(20)15(18)21/h4-7H,3,8H2,1-2H3. The lowest BCUT2D eigenvalue weighted by Gasteiger charge is -2.17. The van der Waals surface area contributed by atoms with Crippen LogP contribution < -0.4 is 4.90 Å². The van der Waals surface area contributed by atoms with Crippen LogP contribution in [0.1, 0.15) is 28.7 Å². The van der Waals surface area contributed by atoms with Crippen molar-refractivity contribution in [2.75, 3.05) is 4.90 Å². The van der Waals surface area contributed by atoms with Gasteiger partial charge >= 0.3 is 0 Å². The summed E-state index contributed by atoms with van der Waals surface area (Å²) < 4.78 is 1.83. The highest BCUT2D eigenvalue weighted by atomic mass is 35.5. The molecule has 0 fully saturated rings.